The zero-order chi connectivity index (χ0) is 13.8. The minimum atomic E-state index is -0.869. The third-order valence-electron chi connectivity index (χ3n) is 2.76. The van der Waals surface area contributed by atoms with Crippen LogP contribution in [0.2, 0.25) is 0 Å². The summed E-state index contributed by atoms with van der Waals surface area (Å²) in [7, 11) is 0. The number of hydrogen-bond acceptors (Lipinski definition) is 2. The largest absolute Gasteiger partial charge is 0.377 e. The van der Waals surface area contributed by atoms with Crippen LogP contribution in [0.15, 0.2) is 46.9 Å². The molecule has 2 aromatic rings. The molecule has 1 unspecified atom stereocenters. The highest BCUT2D eigenvalue weighted by atomic mass is 79.9. The van der Waals surface area contributed by atoms with E-state index in [0.717, 1.165) is 16.2 Å². The fourth-order valence-electron chi connectivity index (χ4n) is 1.83. The summed E-state index contributed by atoms with van der Waals surface area (Å²) in [5.41, 5.74) is 6.66. The smallest absolute Gasteiger partial charge is 0.164 e. The average molecular weight is 327 g/mol. The normalized spacial score (nSPS) is 12.2. The quantitative estimate of drug-likeness (QED) is 0.895. The molecule has 0 aromatic heterocycles. The van der Waals surface area contributed by atoms with Crippen LogP contribution in [0.5, 0.6) is 0 Å². The minimum Gasteiger partial charge on any atom is -0.377 e. The first kappa shape index (κ1) is 14.0. The minimum absolute atomic E-state index is 0.160. The molecule has 100 valence electrons. The monoisotopic (exact) mass is 326 g/mol. The van der Waals surface area contributed by atoms with Crippen molar-refractivity contribution in [1.29, 1.82) is 0 Å². The Hall–Kier alpha value is -1.46. The van der Waals surface area contributed by atoms with Crippen molar-refractivity contribution >= 4 is 21.6 Å². The number of anilines is 1. The second kappa shape index (κ2) is 6.12. The Labute approximate surface area is 118 Å². The van der Waals surface area contributed by atoms with E-state index in [2.05, 4.69) is 21.2 Å². The Morgan fingerprint density at radius 3 is 2.58 bits per heavy atom. The molecule has 2 aromatic carbocycles. The van der Waals surface area contributed by atoms with E-state index in [4.69, 9.17) is 5.73 Å². The Kier molecular flexibility index (Phi) is 4.50. The molecule has 0 bridgehead atoms. The summed E-state index contributed by atoms with van der Waals surface area (Å²) in [4.78, 5) is 0. The standard InChI is InChI=1S/C14H13BrF2N2/c15-9-3-1-4-10(7-9)19-13(8-18)11-5-2-6-12(16)14(11)17/h1-7,13,19H,8,18H2. The van der Waals surface area contributed by atoms with Gasteiger partial charge in [0, 0.05) is 22.3 Å². The number of nitrogens with two attached hydrogens (primary N) is 1. The van der Waals surface area contributed by atoms with E-state index in [0.29, 0.717) is 0 Å². The van der Waals surface area contributed by atoms with E-state index >= 15 is 0 Å². The summed E-state index contributed by atoms with van der Waals surface area (Å²) in [5.74, 6) is -1.73. The number of benzene rings is 2. The highest BCUT2D eigenvalue weighted by Crippen LogP contribution is 2.24. The Morgan fingerprint density at radius 2 is 1.89 bits per heavy atom. The van der Waals surface area contributed by atoms with E-state index in [1.165, 1.54) is 12.1 Å². The maximum atomic E-state index is 13.7. The van der Waals surface area contributed by atoms with Crippen molar-refractivity contribution in [3.8, 4) is 0 Å². The SMILES string of the molecule is NCC(Nc1cccc(Br)c1)c1cccc(F)c1F. The first-order valence-electron chi connectivity index (χ1n) is 5.78. The van der Waals surface area contributed by atoms with Crippen LogP contribution in [-0.4, -0.2) is 6.54 Å². The Bertz CT molecular complexity index is 575. The number of halogens is 3. The highest BCUT2D eigenvalue weighted by molar-refractivity contribution is 9.10. The molecule has 1 atom stereocenters. The van der Waals surface area contributed by atoms with E-state index in [1.54, 1.807) is 0 Å². The third-order valence-corrected chi connectivity index (χ3v) is 3.25. The lowest BCUT2D eigenvalue weighted by atomic mass is 10.1. The molecule has 0 fully saturated rings. The molecule has 2 rings (SSSR count). The molecule has 0 aliphatic heterocycles. The van der Waals surface area contributed by atoms with Crippen LogP contribution in [0.25, 0.3) is 0 Å². The summed E-state index contributed by atoms with van der Waals surface area (Å²) in [6, 6.07) is 11.0. The van der Waals surface area contributed by atoms with Gasteiger partial charge >= 0.3 is 0 Å². The lowest BCUT2D eigenvalue weighted by molar-refractivity contribution is 0.492. The van der Waals surface area contributed by atoms with Gasteiger partial charge in [-0.3, -0.25) is 0 Å². The predicted octanol–water partition coefficient (Wildman–Crippen LogP) is 3.84. The van der Waals surface area contributed by atoms with Gasteiger partial charge in [0.25, 0.3) is 0 Å². The zero-order valence-electron chi connectivity index (χ0n) is 10.0. The second-order valence-electron chi connectivity index (χ2n) is 4.09. The van der Waals surface area contributed by atoms with Gasteiger partial charge in [0.15, 0.2) is 11.6 Å². The van der Waals surface area contributed by atoms with Gasteiger partial charge in [0.05, 0.1) is 6.04 Å². The number of nitrogens with one attached hydrogen (secondary N) is 1. The predicted molar refractivity (Wildman–Crippen MR) is 75.9 cm³/mol. The average Bonchev–Trinajstić information content (AvgIpc) is 2.40. The lowest BCUT2D eigenvalue weighted by Gasteiger charge is -2.19. The van der Waals surface area contributed by atoms with Gasteiger partial charge in [-0.05, 0) is 24.3 Å². The van der Waals surface area contributed by atoms with Crippen LogP contribution < -0.4 is 11.1 Å². The molecule has 0 saturated carbocycles. The summed E-state index contributed by atoms with van der Waals surface area (Å²) >= 11 is 3.35. The summed E-state index contributed by atoms with van der Waals surface area (Å²) < 4.78 is 27.9. The molecule has 0 radical (unpaired) electrons. The molecule has 3 N–H and O–H groups in total. The van der Waals surface area contributed by atoms with Crippen molar-refractivity contribution in [1.82, 2.24) is 0 Å². The van der Waals surface area contributed by atoms with Crippen molar-refractivity contribution < 1.29 is 8.78 Å². The first-order chi connectivity index (χ1) is 9.11. The topological polar surface area (TPSA) is 38.0 Å². The molecule has 0 aliphatic carbocycles. The Balaban J connectivity index is 2.28. The number of rotatable bonds is 4. The molecule has 0 amide bonds. The molecule has 0 saturated heterocycles. The molecule has 5 heteroatoms. The van der Waals surface area contributed by atoms with Crippen LogP contribution in [0.1, 0.15) is 11.6 Å². The maximum absolute atomic E-state index is 13.7. The molecule has 0 heterocycles. The van der Waals surface area contributed by atoms with Crippen molar-refractivity contribution in [3.05, 3.63) is 64.1 Å². The lowest BCUT2D eigenvalue weighted by Crippen LogP contribution is -2.22. The van der Waals surface area contributed by atoms with Crippen molar-refractivity contribution in [2.75, 3.05) is 11.9 Å². The van der Waals surface area contributed by atoms with Gasteiger partial charge in [0.1, 0.15) is 0 Å². The van der Waals surface area contributed by atoms with Crippen LogP contribution in [0.4, 0.5) is 14.5 Å². The summed E-state index contributed by atoms with van der Waals surface area (Å²) in [6.07, 6.45) is 0. The Morgan fingerprint density at radius 1 is 1.16 bits per heavy atom. The van der Waals surface area contributed by atoms with Gasteiger partial charge in [-0.1, -0.05) is 34.1 Å². The molecular formula is C14H13BrF2N2. The molecule has 19 heavy (non-hydrogen) atoms. The van der Waals surface area contributed by atoms with Crippen molar-refractivity contribution in [3.63, 3.8) is 0 Å². The molecule has 0 spiro atoms. The van der Waals surface area contributed by atoms with E-state index in [-0.39, 0.29) is 12.1 Å². The van der Waals surface area contributed by atoms with Gasteiger partial charge < -0.3 is 11.1 Å². The number of hydrogen-bond donors (Lipinski definition) is 2. The molecule has 0 aliphatic rings. The third kappa shape index (κ3) is 3.30. The zero-order valence-corrected chi connectivity index (χ0v) is 11.6. The fraction of sp³-hybridized carbons (Fsp3) is 0.143. The van der Waals surface area contributed by atoms with E-state index in [9.17, 15) is 8.78 Å². The molecule has 2 nitrogen and oxygen atoms in total. The van der Waals surface area contributed by atoms with Gasteiger partial charge in [-0.2, -0.15) is 0 Å². The van der Waals surface area contributed by atoms with Crippen molar-refractivity contribution in [2.24, 2.45) is 5.73 Å². The van der Waals surface area contributed by atoms with Crippen molar-refractivity contribution in [2.45, 2.75) is 6.04 Å². The highest BCUT2D eigenvalue weighted by Gasteiger charge is 2.16. The summed E-state index contributed by atoms with van der Waals surface area (Å²) in [6.45, 7) is 0.160. The van der Waals surface area contributed by atoms with Crippen LogP contribution >= 0.6 is 15.9 Å². The van der Waals surface area contributed by atoms with E-state index in [1.807, 2.05) is 24.3 Å². The van der Waals surface area contributed by atoms with Crippen LogP contribution in [-0.2, 0) is 0 Å². The van der Waals surface area contributed by atoms with Crippen LogP contribution in [0, 0.1) is 11.6 Å². The fourth-order valence-corrected chi connectivity index (χ4v) is 2.23. The van der Waals surface area contributed by atoms with Gasteiger partial charge in [-0.25, -0.2) is 8.78 Å². The second-order valence-corrected chi connectivity index (χ2v) is 5.00. The van der Waals surface area contributed by atoms with Gasteiger partial charge in [-0.15, -0.1) is 0 Å². The van der Waals surface area contributed by atoms with E-state index < -0.39 is 17.7 Å². The molecular weight excluding hydrogens is 314 g/mol. The van der Waals surface area contributed by atoms with Gasteiger partial charge in [0.2, 0.25) is 0 Å². The van der Waals surface area contributed by atoms with Crippen LogP contribution in [0.3, 0.4) is 0 Å². The first-order valence-corrected chi connectivity index (χ1v) is 6.57. The maximum Gasteiger partial charge on any atom is 0.164 e. The summed E-state index contributed by atoms with van der Waals surface area (Å²) in [5, 5.41) is 3.09.